The van der Waals surface area contributed by atoms with Crippen molar-refractivity contribution >= 4 is 87.2 Å². The monoisotopic (exact) mass is 1880 g/mol. The van der Waals surface area contributed by atoms with E-state index >= 15 is 0 Å². The average molecular weight is 1890 g/mol. The maximum Gasteiger partial charge on any atom is 0.104 e. The van der Waals surface area contributed by atoms with Gasteiger partial charge >= 0.3 is 0 Å². The summed E-state index contributed by atoms with van der Waals surface area (Å²) in [6.07, 6.45) is 1.64. The minimum atomic E-state index is 0.499. The van der Waals surface area contributed by atoms with E-state index in [1.54, 1.807) is 0 Å². The summed E-state index contributed by atoms with van der Waals surface area (Å²) >= 11 is 0. The van der Waals surface area contributed by atoms with E-state index in [1.807, 2.05) is 36.4 Å². The molecule has 24 aromatic rings. The van der Waals surface area contributed by atoms with Crippen LogP contribution in [0.5, 0.6) is 0 Å². The third-order valence-electron chi connectivity index (χ3n) is 30.9. The molecule has 147 heavy (non-hydrogen) atoms. The Morgan fingerprint density at radius 1 is 0.170 bits per heavy atom. The second-order valence-corrected chi connectivity index (χ2v) is 40.8. The Labute approximate surface area is 857 Å². The van der Waals surface area contributed by atoms with E-state index in [9.17, 15) is 21.0 Å². The van der Waals surface area contributed by atoms with Gasteiger partial charge in [0.15, 0.2) is 0 Å². The molecule has 0 saturated carbocycles. The summed E-state index contributed by atoms with van der Waals surface area (Å²) < 4.78 is 9.32. The van der Waals surface area contributed by atoms with Crippen molar-refractivity contribution in [3.05, 3.63) is 476 Å². The van der Waals surface area contributed by atoms with Gasteiger partial charge in [0, 0.05) is 43.1 Å². The molecule has 0 radical (unpaired) electrons. The van der Waals surface area contributed by atoms with Crippen molar-refractivity contribution in [2.45, 2.75) is 103 Å². The molecule has 20 aromatic carbocycles. The van der Waals surface area contributed by atoms with Crippen LogP contribution in [0.1, 0.15) is 106 Å². The summed E-state index contributed by atoms with van der Waals surface area (Å²) in [4.78, 5) is 0. The Morgan fingerprint density at radius 3 is 0.687 bits per heavy atom. The zero-order chi connectivity index (χ0) is 101. The van der Waals surface area contributed by atoms with E-state index < -0.39 is 0 Å². The quantitative estimate of drug-likeness (QED) is 0.0903. The molecule has 0 aliphatic rings. The van der Waals surface area contributed by atoms with Crippen molar-refractivity contribution < 1.29 is 0 Å². The highest BCUT2D eigenvalue weighted by molar-refractivity contribution is 6.17. The molecular weight excluding hydrogens is 1780 g/mol. The highest BCUT2D eigenvalue weighted by atomic mass is 15.0. The van der Waals surface area contributed by atoms with Gasteiger partial charge in [0.05, 0.1) is 90.1 Å². The number of fused-ring (bicyclic) bond motifs is 12. The zero-order valence-electron chi connectivity index (χ0n) is 84.7. The second kappa shape index (κ2) is 36.2. The molecule has 0 amide bonds. The molecule has 8 heteroatoms. The Morgan fingerprint density at radius 2 is 0.422 bits per heavy atom. The molecule has 8 nitrogen and oxygen atoms in total. The third kappa shape index (κ3) is 15.8. The highest BCUT2D eigenvalue weighted by Gasteiger charge is 2.30. The van der Waals surface area contributed by atoms with Gasteiger partial charge in [-0.15, -0.1) is 0 Å². The predicted octanol–water partition coefficient (Wildman–Crippen LogP) is 36.0. The summed E-state index contributed by atoms with van der Waals surface area (Å²) in [5, 5.41) is 54.6. The minimum Gasteiger partial charge on any atom is -0.308 e. The van der Waals surface area contributed by atoms with Crippen LogP contribution in [0.4, 0.5) is 0 Å². The number of aromatic nitrogens is 4. The largest absolute Gasteiger partial charge is 0.308 e. The van der Waals surface area contributed by atoms with Crippen LogP contribution in [0.15, 0.2) is 370 Å². The average Bonchev–Trinajstić information content (AvgIpc) is 1.56. The zero-order valence-corrected chi connectivity index (χ0v) is 84.7. The summed E-state index contributed by atoms with van der Waals surface area (Å²) in [5.74, 6) is 0. The molecule has 0 fully saturated rings. The second-order valence-electron chi connectivity index (χ2n) is 40.8. The van der Waals surface area contributed by atoms with Crippen LogP contribution >= 0.6 is 0 Å². The maximum absolute atomic E-state index is 12.6. The van der Waals surface area contributed by atoms with E-state index in [0.717, 1.165) is 234 Å². The number of rotatable bonds is 17. The lowest BCUT2D eigenvalue weighted by atomic mass is 9.93. The van der Waals surface area contributed by atoms with Gasteiger partial charge in [0.25, 0.3) is 0 Å². The molecule has 0 bridgehead atoms. The van der Waals surface area contributed by atoms with Gasteiger partial charge in [-0.2, -0.15) is 21.0 Å². The van der Waals surface area contributed by atoms with Crippen molar-refractivity contribution in [2.24, 2.45) is 0 Å². The topological polar surface area (TPSA) is 115 Å². The Bertz CT molecular complexity index is 9860. The minimum absolute atomic E-state index is 0.499. The van der Waals surface area contributed by atoms with Gasteiger partial charge in [-0.3, -0.25) is 0 Å². The van der Waals surface area contributed by atoms with Crippen LogP contribution in [-0.2, 0) is 12.8 Å². The molecule has 0 unspecified atom stereocenters. The van der Waals surface area contributed by atoms with E-state index in [2.05, 4.69) is 466 Å². The molecule has 4 aromatic heterocycles. The standard InChI is InChI=1S/C139H104N8/c1-81-24-41-111(87(7)56-81)101-38-53-129-123(66-101)122-65-100(110-23-15-14-18-86(110)6)37-52-128(122)144(129)136-73-108(98-21-16-19-96(63-98)77-140)74-137(126(136)79-142)145-130-54-39-102(112-42-25-82(2)57-88(112)8)67-124(130)125-68-103(40-55-131(125)145)116-46-31-94(61-92(116)12)29-30-95-32-47-117(93(13)62-95)107-36-51-121-120-50-35-106(115-45-28-85(5)60-91(115)11)71-134(120)147(135(121)72-107)139-76-109(99-22-17-20-97(64-99)78-141)75-138(127(139)80-143)146-132-69-104(113-43-26-83(3)58-89(113)9)33-48-118(132)119-49-34-105(70-133(119)146)114-44-27-84(4)59-90(114)10/h14-28,31-76H,29-30H2,1-13H3. The lowest BCUT2D eigenvalue weighted by Gasteiger charge is -2.19. The molecule has 0 aliphatic carbocycles. The first kappa shape index (κ1) is 91.1. The molecule has 700 valence electrons. The summed E-state index contributed by atoms with van der Waals surface area (Å²) in [6, 6.07) is 146. The van der Waals surface area contributed by atoms with Gasteiger partial charge in [0.2, 0.25) is 0 Å². The van der Waals surface area contributed by atoms with Crippen molar-refractivity contribution in [3.8, 4) is 158 Å². The van der Waals surface area contributed by atoms with Gasteiger partial charge in [-0.1, -0.05) is 277 Å². The Hall–Kier alpha value is -18.4. The number of aryl methyl sites for hydroxylation is 15. The number of nitriles is 4. The van der Waals surface area contributed by atoms with Crippen LogP contribution in [0.3, 0.4) is 0 Å². The van der Waals surface area contributed by atoms with E-state index in [1.165, 1.54) is 83.5 Å². The number of hydrogen-bond acceptors (Lipinski definition) is 4. The van der Waals surface area contributed by atoms with Crippen LogP contribution < -0.4 is 0 Å². The predicted molar refractivity (Wildman–Crippen MR) is 612 cm³/mol. The Kier molecular flexibility index (Phi) is 22.4. The van der Waals surface area contributed by atoms with Gasteiger partial charge in [-0.05, 0) is 391 Å². The highest BCUT2D eigenvalue weighted by Crippen LogP contribution is 2.50. The maximum atomic E-state index is 12.6. The van der Waals surface area contributed by atoms with E-state index in [4.69, 9.17) is 0 Å². The molecule has 0 N–H and O–H groups in total. The number of benzene rings is 20. The molecular formula is C139H104N8. The molecule has 0 atom stereocenters. The molecule has 0 spiro atoms. The van der Waals surface area contributed by atoms with Gasteiger partial charge in [-0.25, -0.2) is 0 Å². The van der Waals surface area contributed by atoms with Crippen LogP contribution in [0.25, 0.3) is 221 Å². The molecule has 4 heterocycles. The van der Waals surface area contributed by atoms with Crippen LogP contribution in [0, 0.1) is 135 Å². The lowest BCUT2D eigenvalue weighted by molar-refractivity contribution is 0.956. The van der Waals surface area contributed by atoms with Crippen molar-refractivity contribution in [2.75, 3.05) is 0 Å². The first-order chi connectivity index (χ1) is 71.5. The van der Waals surface area contributed by atoms with Gasteiger partial charge in [0.1, 0.15) is 23.3 Å². The fourth-order valence-electron chi connectivity index (χ4n) is 23.8. The first-order valence-corrected chi connectivity index (χ1v) is 50.6. The fraction of sp³-hybridized carbons (Fsp3) is 0.108. The van der Waals surface area contributed by atoms with Crippen molar-refractivity contribution in [3.63, 3.8) is 0 Å². The lowest BCUT2D eigenvalue weighted by Crippen LogP contribution is -2.05. The molecule has 0 saturated heterocycles. The SMILES string of the molecule is Cc1ccc(-c2ccc3c(c2)c2cc(-c4ccccc4C)ccc2n3-c2cc(-c3cccc(C#N)c3)cc(-n3c4ccc(-c5ccc(C)cc5C)cc4c4cc(-c5ccc(CCc6ccc(-c7ccc8c9ccc(-c%10ccc(C)cc%10C)cc9n(-c9cc(-c%10cccc(C#N)c%10)cc(-n%10c%11cc(-c%12ccc(C)cc%12C)ccc%11c%11ccc(-c%12ccc(C)cc%12C)cc%11%10)c9C#N)c8c7)c(C)c6)cc5C)ccc43)c2C#N)c(C)c1. The Balaban J connectivity index is 0.616. The number of hydrogen-bond donors (Lipinski definition) is 0. The molecule has 24 rings (SSSR count). The molecule has 0 aliphatic heterocycles. The van der Waals surface area contributed by atoms with Gasteiger partial charge < -0.3 is 18.3 Å². The van der Waals surface area contributed by atoms with Crippen molar-refractivity contribution in [1.82, 2.24) is 18.3 Å². The third-order valence-corrected chi connectivity index (χ3v) is 30.9. The smallest absolute Gasteiger partial charge is 0.104 e. The normalized spacial score (nSPS) is 11.6. The van der Waals surface area contributed by atoms with E-state index in [-0.39, 0.29) is 0 Å². The van der Waals surface area contributed by atoms with Crippen LogP contribution in [-0.4, -0.2) is 18.3 Å². The fourth-order valence-corrected chi connectivity index (χ4v) is 23.8. The number of nitrogens with zero attached hydrogens (tertiary/aromatic N) is 8. The van der Waals surface area contributed by atoms with E-state index in [0.29, 0.717) is 22.3 Å². The van der Waals surface area contributed by atoms with Crippen molar-refractivity contribution in [1.29, 1.82) is 21.0 Å². The summed E-state index contributed by atoms with van der Waals surface area (Å²) in [5.41, 5.74) is 52.0. The summed E-state index contributed by atoms with van der Waals surface area (Å²) in [6.45, 7) is 28.3. The first-order valence-electron chi connectivity index (χ1n) is 50.6. The van der Waals surface area contributed by atoms with Crippen LogP contribution in [0.2, 0.25) is 0 Å². The summed E-state index contributed by atoms with van der Waals surface area (Å²) in [7, 11) is 0.